The van der Waals surface area contributed by atoms with E-state index < -0.39 is 8.03 Å². The standard InChI is InChI=1S/C8H9BrO3P/c1-11-7-4-3-6(9)5-8(7)13(10)12-2/h3-5H,1-2H3/q+1. The summed E-state index contributed by atoms with van der Waals surface area (Å²) in [7, 11) is 1.11. The van der Waals surface area contributed by atoms with Gasteiger partial charge < -0.3 is 4.74 Å². The summed E-state index contributed by atoms with van der Waals surface area (Å²) in [5, 5.41) is 0.564. The topological polar surface area (TPSA) is 35.5 Å². The number of methoxy groups -OCH3 is 1. The second kappa shape index (κ2) is 4.70. The van der Waals surface area contributed by atoms with Crippen molar-refractivity contribution >= 4 is 29.3 Å². The van der Waals surface area contributed by atoms with Gasteiger partial charge in [-0.3, -0.25) is 0 Å². The Morgan fingerprint density at radius 1 is 1.38 bits per heavy atom. The predicted molar refractivity (Wildman–Crippen MR) is 54.9 cm³/mol. The first-order valence-electron chi connectivity index (χ1n) is 3.54. The lowest BCUT2D eigenvalue weighted by Gasteiger charge is -1.98. The fourth-order valence-corrected chi connectivity index (χ4v) is 2.23. The maximum atomic E-state index is 11.4. The van der Waals surface area contributed by atoms with E-state index in [0.29, 0.717) is 11.1 Å². The van der Waals surface area contributed by atoms with Crippen molar-refractivity contribution in [2.24, 2.45) is 0 Å². The Morgan fingerprint density at radius 3 is 2.62 bits per heavy atom. The molecular weight excluding hydrogens is 255 g/mol. The number of halogens is 1. The molecule has 0 radical (unpaired) electrons. The van der Waals surface area contributed by atoms with Gasteiger partial charge in [-0.2, -0.15) is 0 Å². The van der Waals surface area contributed by atoms with Gasteiger partial charge in [-0.15, -0.1) is 4.52 Å². The molecule has 0 amide bonds. The molecule has 1 atom stereocenters. The minimum absolute atomic E-state index is 0.564. The number of rotatable bonds is 3. The van der Waals surface area contributed by atoms with Crippen LogP contribution in [0.5, 0.6) is 5.75 Å². The first-order chi connectivity index (χ1) is 6.19. The van der Waals surface area contributed by atoms with E-state index in [4.69, 9.17) is 9.26 Å². The van der Waals surface area contributed by atoms with Crippen molar-refractivity contribution in [3.63, 3.8) is 0 Å². The number of hydrogen-bond acceptors (Lipinski definition) is 3. The van der Waals surface area contributed by atoms with Crippen LogP contribution >= 0.6 is 24.0 Å². The molecular formula is C8H9BrO3P+. The van der Waals surface area contributed by atoms with Gasteiger partial charge in [-0.1, -0.05) is 15.9 Å². The summed E-state index contributed by atoms with van der Waals surface area (Å²) in [4.78, 5) is 0. The largest absolute Gasteiger partial charge is 0.552 e. The average molecular weight is 264 g/mol. The summed E-state index contributed by atoms with van der Waals surface area (Å²) >= 11 is 3.28. The second-order valence-corrected chi connectivity index (χ2v) is 4.53. The van der Waals surface area contributed by atoms with E-state index in [-0.39, 0.29) is 0 Å². The lowest BCUT2D eigenvalue weighted by atomic mass is 10.3. The minimum Gasteiger partial charge on any atom is -0.492 e. The van der Waals surface area contributed by atoms with Gasteiger partial charge in [-0.25, -0.2) is 0 Å². The van der Waals surface area contributed by atoms with Gasteiger partial charge in [0.1, 0.15) is 0 Å². The van der Waals surface area contributed by atoms with Crippen molar-refractivity contribution in [2.75, 3.05) is 14.2 Å². The zero-order valence-corrected chi connectivity index (χ0v) is 9.76. The minimum atomic E-state index is -1.82. The fraction of sp³-hybridized carbons (Fsp3) is 0.250. The summed E-state index contributed by atoms with van der Waals surface area (Å²) in [6.07, 6.45) is 0. The van der Waals surface area contributed by atoms with Gasteiger partial charge in [0.15, 0.2) is 5.75 Å². The van der Waals surface area contributed by atoms with E-state index in [2.05, 4.69) is 15.9 Å². The van der Waals surface area contributed by atoms with Crippen LogP contribution in [0.1, 0.15) is 0 Å². The van der Waals surface area contributed by atoms with Crippen molar-refractivity contribution in [1.82, 2.24) is 0 Å². The number of ether oxygens (including phenoxy) is 1. The van der Waals surface area contributed by atoms with Gasteiger partial charge in [0.05, 0.1) is 14.2 Å². The predicted octanol–water partition coefficient (Wildman–Crippen LogP) is 2.47. The molecule has 13 heavy (non-hydrogen) atoms. The van der Waals surface area contributed by atoms with Crippen LogP contribution in [0.2, 0.25) is 0 Å². The van der Waals surface area contributed by atoms with Crippen molar-refractivity contribution in [3.8, 4) is 5.75 Å². The molecule has 1 rings (SSSR count). The number of benzene rings is 1. The highest BCUT2D eigenvalue weighted by Gasteiger charge is 2.25. The molecule has 0 spiro atoms. The molecule has 1 aromatic rings. The lowest BCUT2D eigenvalue weighted by Crippen LogP contribution is -2.02. The Labute approximate surface area is 86.0 Å². The number of hydrogen-bond donors (Lipinski definition) is 0. The fourth-order valence-electron chi connectivity index (χ4n) is 0.904. The van der Waals surface area contributed by atoms with E-state index in [1.807, 2.05) is 6.07 Å². The monoisotopic (exact) mass is 263 g/mol. The van der Waals surface area contributed by atoms with Gasteiger partial charge in [0.25, 0.3) is 5.30 Å². The van der Waals surface area contributed by atoms with Crippen LogP contribution in [-0.2, 0) is 9.09 Å². The molecule has 1 aromatic carbocycles. The molecule has 0 saturated heterocycles. The Balaban J connectivity index is 3.15. The highest BCUT2D eigenvalue weighted by Crippen LogP contribution is 2.28. The van der Waals surface area contributed by atoms with Gasteiger partial charge in [0.2, 0.25) is 0 Å². The van der Waals surface area contributed by atoms with E-state index in [0.717, 1.165) is 4.47 Å². The van der Waals surface area contributed by atoms with E-state index in [9.17, 15) is 4.57 Å². The lowest BCUT2D eigenvalue weighted by molar-refractivity contribution is 0.408. The van der Waals surface area contributed by atoms with Crippen LogP contribution in [0, 0.1) is 0 Å². The average Bonchev–Trinajstić information content (AvgIpc) is 2.16. The molecule has 0 aliphatic carbocycles. The van der Waals surface area contributed by atoms with Gasteiger partial charge in [-0.05, 0) is 16.7 Å². The Bertz CT molecular complexity index is 327. The molecule has 5 heteroatoms. The molecule has 0 aromatic heterocycles. The quantitative estimate of drug-likeness (QED) is 0.786. The molecule has 0 aliphatic heterocycles. The van der Waals surface area contributed by atoms with Crippen LogP contribution in [-0.4, -0.2) is 14.2 Å². The van der Waals surface area contributed by atoms with Crippen molar-refractivity contribution in [2.45, 2.75) is 0 Å². The van der Waals surface area contributed by atoms with E-state index in [1.165, 1.54) is 14.2 Å². The van der Waals surface area contributed by atoms with Gasteiger partial charge in [0, 0.05) is 10.5 Å². The second-order valence-electron chi connectivity index (χ2n) is 2.26. The van der Waals surface area contributed by atoms with Crippen LogP contribution in [0.4, 0.5) is 0 Å². The zero-order chi connectivity index (χ0) is 9.84. The third kappa shape index (κ3) is 2.50. The van der Waals surface area contributed by atoms with E-state index in [1.54, 1.807) is 12.1 Å². The summed E-state index contributed by atoms with van der Waals surface area (Å²) in [5.41, 5.74) is 0. The maximum absolute atomic E-state index is 11.4. The van der Waals surface area contributed by atoms with Crippen LogP contribution in [0.15, 0.2) is 22.7 Å². The SMILES string of the molecule is COc1ccc(Br)cc1[P+](=O)OC. The Morgan fingerprint density at radius 2 is 2.08 bits per heavy atom. The van der Waals surface area contributed by atoms with Crippen LogP contribution in [0.25, 0.3) is 0 Å². The van der Waals surface area contributed by atoms with Crippen molar-refractivity contribution < 1.29 is 13.8 Å². The first-order valence-corrected chi connectivity index (χ1v) is 5.51. The maximum Gasteiger partial charge on any atom is 0.552 e. The highest BCUT2D eigenvalue weighted by molar-refractivity contribution is 9.10. The third-order valence-electron chi connectivity index (χ3n) is 1.50. The molecule has 0 bridgehead atoms. The Kier molecular flexibility index (Phi) is 3.85. The molecule has 1 unspecified atom stereocenters. The molecule has 0 saturated carbocycles. The summed E-state index contributed by atoms with van der Waals surface area (Å²) in [5.74, 6) is 0.575. The molecule has 70 valence electrons. The normalized spacial score (nSPS) is 11.2. The third-order valence-corrected chi connectivity index (χ3v) is 3.07. The first kappa shape index (κ1) is 10.6. The summed E-state index contributed by atoms with van der Waals surface area (Å²) in [6.45, 7) is 0. The van der Waals surface area contributed by atoms with Crippen molar-refractivity contribution in [3.05, 3.63) is 22.7 Å². The summed E-state index contributed by atoms with van der Waals surface area (Å²) < 4.78 is 22.0. The Hall–Kier alpha value is -0.440. The zero-order valence-electron chi connectivity index (χ0n) is 7.28. The van der Waals surface area contributed by atoms with Crippen LogP contribution < -0.4 is 10.0 Å². The molecule has 0 aliphatic rings. The summed E-state index contributed by atoms with van der Waals surface area (Å²) in [6, 6.07) is 5.29. The van der Waals surface area contributed by atoms with Crippen LogP contribution in [0.3, 0.4) is 0 Å². The molecule has 0 fully saturated rings. The molecule has 0 N–H and O–H groups in total. The molecule has 0 heterocycles. The van der Waals surface area contributed by atoms with Crippen molar-refractivity contribution in [1.29, 1.82) is 0 Å². The van der Waals surface area contributed by atoms with Gasteiger partial charge >= 0.3 is 8.03 Å². The molecule has 3 nitrogen and oxygen atoms in total. The van der Waals surface area contributed by atoms with E-state index >= 15 is 0 Å². The highest BCUT2D eigenvalue weighted by atomic mass is 79.9. The smallest absolute Gasteiger partial charge is 0.492 e.